The second-order valence-corrected chi connectivity index (χ2v) is 6.00. The molecule has 0 saturated heterocycles. The molecule has 4 aromatic heterocycles. The Morgan fingerprint density at radius 2 is 2.08 bits per heavy atom. The van der Waals surface area contributed by atoms with Gasteiger partial charge in [0.1, 0.15) is 5.69 Å². The number of amides is 1. The van der Waals surface area contributed by atoms with Crippen molar-refractivity contribution < 1.29 is 9.18 Å². The summed E-state index contributed by atoms with van der Waals surface area (Å²) in [5, 5.41) is 9.79. The third-order valence-corrected chi connectivity index (χ3v) is 4.15. The first-order valence-electron chi connectivity index (χ1n) is 7.42. The van der Waals surface area contributed by atoms with Crippen LogP contribution in [0.2, 0.25) is 0 Å². The Hall–Kier alpha value is -3.53. The fourth-order valence-electron chi connectivity index (χ4n) is 2.24. The molecule has 4 aromatic rings. The highest BCUT2D eigenvalue weighted by Crippen LogP contribution is 2.28. The van der Waals surface area contributed by atoms with Gasteiger partial charge in [-0.2, -0.15) is 4.39 Å². The highest BCUT2D eigenvalue weighted by Gasteiger charge is 2.19. The summed E-state index contributed by atoms with van der Waals surface area (Å²) in [6.07, 6.45) is 6.02. The molecule has 4 heterocycles. The van der Waals surface area contributed by atoms with E-state index in [0.29, 0.717) is 11.4 Å². The molecule has 10 heteroatoms. The maximum atomic E-state index is 14.2. The normalized spacial score (nSPS) is 10.7. The SMILES string of the molecule is O=C(Nc1nc(-c2ccccn2)c(F)s1)c1cnnn1-c1cccnc1. The molecule has 0 aliphatic heterocycles. The minimum absolute atomic E-state index is 0.0878. The van der Waals surface area contributed by atoms with E-state index in [-0.39, 0.29) is 16.5 Å². The van der Waals surface area contributed by atoms with Crippen LogP contribution in [-0.4, -0.2) is 35.9 Å². The number of carbonyl (C=O) groups is 1. The Labute approximate surface area is 150 Å². The van der Waals surface area contributed by atoms with E-state index in [1.54, 1.807) is 48.9 Å². The maximum Gasteiger partial charge on any atom is 0.277 e. The van der Waals surface area contributed by atoms with E-state index >= 15 is 0 Å². The summed E-state index contributed by atoms with van der Waals surface area (Å²) >= 11 is 0.724. The molecule has 0 spiro atoms. The van der Waals surface area contributed by atoms with Gasteiger partial charge in [0.2, 0.25) is 5.13 Å². The lowest BCUT2D eigenvalue weighted by molar-refractivity contribution is 0.101. The number of hydrogen-bond acceptors (Lipinski definition) is 7. The Kier molecular flexibility index (Phi) is 4.15. The first-order chi connectivity index (χ1) is 12.7. The molecule has 0 fully saturated rings. The smallest absolute Gasteiger partial charge is 0.277 e. The zero-order valence-electron chi connectivity index (χ0n) is 13.1. The first kappa shape index (κ1) is 16.0. The zero-order chi connectivity index (χ0) is 17.9. The molecular weight excluding hydrogens is 357 g/mol. The minimum atomic E-state index is -0.530. The lowest BCUT2D eigenvalue weighted by atomic mass is 10.3. The van der Waals surface area contributed by atoms with Gasteiger partial charge in [-0.25, -0.2) is 9.67 Å². The van der Waals surface area contributed by atoms with Crippen LogP contribution in [0.15, 0.2) is 55.1 Å². The number of thiazole rings is 1. The van der Waals surface area contributed by atoms with Gasteiger partial charge in [-0.05, 0) is 24.3 Å². The van der Waals surface area contributed by atoms with Crippen molar-refractivity contribution in [3.8, 4) is 17.1 Å². The molecule has 0 aromatic carbocycles. The molecule has 0 bridgehead atoms. The number of nitrogens with zero attached hydrogens (tertiary/aromatic N) is 6. The number of nitrogens with one attached hydrogen (secondary N) is 1. The molecule has 26 heavy (non-hydrogen) atoms. The second kappa shape index (κ2) is 6.76. The molecule has 0 atom stereocenters. The summed E-state index contributed by atoms with van der Waals surface area (Å²) in [6.45, 7) is 0. The largest absolute Gasteiger partial charge is 0.296 e. The number of carbonyl (C=O) groups excluding carboxylic acids is 1. The average molecular weight is 367 g/mol. The molecule has 1 amide bonds. The van der Waals surface area contributed by atoms with Crippen LogP contribution in [0.5, 0.6) is 0 Å². The predicted molar refractivity (Wildman–Crippen MR) is 92.4 cm³/mol. The summed E-state index contributed by atoms with van der Waals surface area (Å²) in [5.74, 6) is -0.514. The number of anilines is 1. The van der Waals surface area contributed by atoms with Crippen LogP contribution in [0.1, 0.15) is 10.5 Å². The van der Waals surface area contributed by atoms with Crippen LogP contribution >= 0.6 is 11.3 Å². The molecule has 0 unspecified atom stereocenters. The Bertz CT molecular complexity index is 1050. The quantitative estimate of drug-likeness (QED) is 0.595. The van der Waals surface area contributed by atoms with E-state index in [2.05, 4.69) is 30.6 Å². The standard InChI is InChI=1S/C16H10FN7OS/c17-14-13(11-5-1-2-7-19-11)21-16(26-14)22-15(25)12-9-20-23-24(12)10-4-3-6-18-8-10/h1-9H,(H,21,22,25). The van der Waals surface area contributed by atoms with E-state index < -0.39 is 11.0 Å². The van der Waals surface area contributed by atoms with Gasteiger partial charge in [0.25, 0.3) is 5.91 Å². The molecule has 0 aliphatic rings. The van der Waals surface area contributed by atoms with Crippen molar-refractivity contribution in [3.63, 3.8) is 0 Å². The Morgan fingerprint density at radius 3 is 2.85 bits per heavy atom. The Morgan fingerprint density at radius 1 is 1.15 bits per heavy atom. The number of rotatable bonds is 4. The molecule has 0 radical (unpaired) electrons. The highest BCUT2D eigenvalue weighted by atomic mass is 32.1. The number of aromatic nitrogens is 6. The van der Waals surface area contributed by atoms with Gasteiger partial charge in [0.15, 0.2) is 10.8 Å². The van der Waals surface area contributed by atoms with Crippen molar-refractivity contribution in [2.75, 3.05) is 5.32 Å². The third-order valence-electron chi connectivity index (χ3n) is 3.39. The van der Waals surface area contributed by atoms with E-state index in [4.69, 9.17) is 0 Å². The molecular formula is C16H10FN7OS. The molecule has 0 saturated carbocycles. The van der Waals surface area contributed by atoms with E-state index in [9.17, 15) is 9.18 Å². The van der Waals surface area contributed by atoms with Crippen LogP contribution in [0.3, 0.4) is 0 Å². The maximum absolute atomic E-state index is 14.2. The van der Waals surface area contributed by atoms with Crippen molar-refractivity contribution in [1.82, 2.24) is 29.9 Å². The van der Waals surface area contributed by atoms with Gasteiger partial charge in [-0.15, -0.1) is 5.10 Å². The van der Waals surface area contributed by atoms with Gasteiger partial charge in [0, 0.05) is 12.4 Å². The van der Waals surface area contributed by atoms with Crippen molar-refractivity contribution in [3.05, 3.63) is 65.9 Å². The molecule has 128 valence electrons. The number of halogens is 1. The van der Waals surface area contributed by atoms with E-state index in [1.807, 2.05) is 0 Å². The minimum Gasteiger partial charge on any atom is -0.296 e. The monoisotopic (exact) mass is 367 g/mol. The zero-order valence-corrected chi connectivity index (χ0v) is 13.9. The number of pyridine rings is 2. The molecule has 0 aliphatic carbocycles. The van der Waals surface area contributed by atoms with Crippen LogP contribution in [0.4, 0.5) is 9.52 Å². The van der Waals surface area contributed by atoms with Gasteiger partial charge >= 0.3 is 0 Å². The fraction of sp³-hybridized carbons (Fsp3) is 0. The first-order valence-corrected chi connectivity index (χ1v) is 8.24. The molecule has 1 N–H and O–H groups in total. The van der Waals surface area contributed by atoms with Crippen LogP contribution in [-0.2, 0) is 0 Å². The Balaban J connectivity index is 1.60. The topological polar surface area (TPSA) is 98.5 Å². The lowest BCUT2D eigenvalue weighted by Crippen LogP contribution is -2.17. The summed E-state index contributed by atoms with van der Waals surface area (Å²) in [4.78, 5) is 24.7. The van der Waals surface area contributed by atoms with Gasteiger partial charge in [0.05, 0.1) is 23.8 Å². The van der Waals surface area contributed by atoms with Gasteiger partial charge < -0.3 is 0 Å². The van der Waals surface area contributed by atoms with Gasteiger partial charge in [-0.3, -0.25) is 20.1 Å². The lowest BCUT2D eigenvalue weighted by Gasteiger charge is -2.04. The number of hydrogen-bond donors (Lipinski definition) is 1. The van der Waals surface area contributed by atoms with Gasteiger partial charge in [-0.1, -0.05) is 22.6 Å². The molecule has 4 rings (SSSR count). The van der Waals surface area contributed by atoms with Crippen LogP contribution < -0.4 is 5.32 Å². The predicted octanol–water partition coefficient (Wildman–Crippen LogP) is 2.57. The second-order valence-electron chi connectivity index (χ2n) is 5.05. The average Bonchev–Trinajstić information content (AvgIpc) is 3.30. The van der Waals surface area contributed by atoms with E-state index in [0.717, 1.165) is 11.3 Å². The summed E-state index contributed by atoms with van der Waals surface area (Å²) in [5.41, 5.74) is 1.23. The summed E-state index contributed by atoms with van der Waals surface area (Å²) < 4.78 is 15.5. The van der Waals surface area contributed by atoms with Crippen molar-refractivity contribution in [2.24, 2.45) is 0 Å². The van der Waals surface area contributed by atoms with E-state index in [1.165, 1.54) is 10.9 Å². The van der Waals surface area contributed by atoms with Crippen molar-refractivity contribution in [1.29, 1.82) is 0 Å². The highest BCUT2D eigenvalue weighted by molar-refractivity contribution is 7.14. The van der Waals surface area contributed by atoms with Crippen molar-refractivity contribution in [2.45, 2.75) is 0 Å². The molecule has 8 nitrogen and oxygen atoms in total. The summed E-state index contributed by atoms with van der Waals surface area (Å²) in [6, 6.07) is 8.56. The van der Waals surface area contributed by atoms with Crippen molar-refractivity contribution >= 4 is 22.4 Å². The van der Waals surface area contributed by atoms with Crippen LogP contribution in [0.25, 0.3) is 17.1 Å². The fourth-order valence-corrected chi connectivity index (χ4v) is 2.93. The van der Waals surface area contributed by atoms with Crippen LogP contribution in [0, 0.1) is 5.13 Å². The summed E-state index contributed by atoms with van der Waals surface area (Å²) in [7, 11) is 0. The third kappa shape index (κ3) is 3.05.